The molecule has 94 valence electrons. The van der Waals surface area contributed by atoms with E-state index in [9.17, 15) is 9.59 Å². The van der Waals surface area contributed by atoms with Gasteiger partial charge < -0.3 is 10.2 Å². The molecule has 3 atom stereocenters. The Bertz CT molecular complexity index is 266. The molecule has 4 nitrogen and oxygen atoms in total. The predicted octanol–water partition coefficient (Wildman–Crippen LogP) is 1.20. The van der Waals surface area contributed by atoms with E-state index in [-0.39, 0.29) is 37.2 Å². The van der Waals surface area contributed by atoms with Crippen molar-refractivity contribution in [3.8, 4) is 0 Å². The molecule has 1 rings (SSSR count). The van der Waals surface area contributed by atoms with Crippen LogP contribution in [0.25, 0.3) is 0 Å². The summed E-state index contributed by atoms with van der Waals surface area (Å²) >= 11 is 0. The molecule has 4 heteroatoms. The van der Waals surface area contributed by atoms with Crippen LogP contribution in [-0.2, 0) is 9.59 Å². The number of piperidine rings is 1. The average Bonchev–Trinajstić information content (AvgIpc) is 2.17. The van der Waals surface area contributed by atoms with Gasteiger partial charge in [-0.2, -0.15) is 0 Å². The summed E-state index contributed by atoms with van der Waals surface area (Å²) in [7, 11) is 1.79. The first kappa shape index (κ1) is 15.1. The third-order valence-electron chi connectivity index (χ3n) is 3.25. The van der Waals surface area contributed by atoms with Crippen molar-refractivity contribution in [3.05, 3.63) is 0 Å². The fraction of sp³-hybridized carbons (Fsp3) is 0.833. The summed E-state index contributed by atoms with van der Waals surface area (Å²) in [6.45, 7) is 5.34. The smallest absolute Gasteiger partial charge is 0.240 e. The summed E-state index contributed by atoms with van der Waals surface area (Å²) < 4.78 is 0. The molecule has 0 aromatic carbocycles. The zero-order chi connectivity index (χ0) is 11.6. The number of Topliss-reactive ketones (excluding diaryl/α,β-unsaturated/α-hetero) is 1. The molecule has 3 unspecified atom stereocenters. The number of nitrogens with zero attached hydrogens (tertiary/aromatic N) is 1. The largest absolute Gasteiger partial charge is 0.329 e. The SMILES string of the molecule is C.CNC1CCC(C)N(C(C)C(C)=O)C1=O. The van der Waals surface area contributed by atoms with E-state index < -0.39 is 0 Å². The number of carbonyl (C=O) groups is 2. The van der Waals surface area contributed by atoms with Crippen molar-refractivity contribution in [2.45, 2.75) is 59.2 Å². The maximum Gasteiger partial charge on any atom is 0.240 e. The lowest BCUT2D eigenvalue weighted by molar-refractivity contribution is -0.145. The number of nitrogens with one attached hydrogen (secondary N) is 1. The third kappa shape index (κ3) is 2.82. The van der Waals surface area contributed by atoms with Gasteiger partial charge in [0.15, 0.2) is 5.78 Å². The fourth-order valence-electron chi connectivity index (χ4n) is 2.10. The molecule has 1 N–H and O–H groups in total. The van der Waals surface area contributed by atoms with E-state index in [4.69, 9.17) is 0 Å². The highest BCUT2D eigenvalue weighted by atomic mass is 16.2. The monoisotopic (exact) mass is 228 g/mol. The molecule has 1 amide bonds. The zero-order valence-electron chi connectivity index (χ0n) is 9.91. The van der Waals surface area contributed by atoms with Gasteiger partial charge in [0, 0.05) is 6.04 Å². The van der Waals surface area contributed by atoms with E-state index in [1.807, 2.05) is 6.92 Å². The second kappa shape index (κ2) is 5.99. The van der Waals surface area contributed by atoms with Crippen LogP contribution >= 0.6 is 0 Å². The van der Waals surface area contributed by atoms with Crippen molar-refractivity contribution < 1.29 is 9.59 Å². The van der Waals surface area contributed by atoms with Crippen LogP contribution < -0.4 is 5.32 Å². The van der Waals surface area contributed by atoms with Gasteiger partial charge in [-0.05, 0) is 40.7 Å². The molecule has 1 aliphatic heterocycles. The summed E-state index contributed by atoms with van der Waals surface area (Å²) in [4.78, 5) is 25.1. The summed E-state index contributed by atoms with van der Waals surface area (Å²) in [5.74, 6) is 0.103. The van der Waals surface area contributed by atoms with Crippen LogP contribution in [0.15, 0.2) is 0 Å². The maximum atomic E-state index is 12.0. The van der Waals surface area contributed by atoms with Crippen LogP contribution in [-0.4, -0.2) is 41.8 Å². The number of amides is 1. The van der Waals surface area contributed by atoms with Gasteiger partial charge >= 0.3 is 0 Å². The van der Waals surface area contributed by atoms with E-state index in [0.29, 0.717) is 0 Å². The Morgan fingerprint density at radius 2 is 2.06 bits per heavy atom. The predicted molar refractivity (Wildman–Crippen MR) is 65.3 cm³/mol. The second-order valence-electron chi connectivity index (χ2n) is 4.30. The number of likely N-dealkylation sites (N-methyl/N-ethyl adjacent to an activating group) is 1. The Hall–Kier alpha value is -0.900. The van der Waals surface area contributed by atoms with E-state index in [1.165, 1.54) is 6.92 Å². The summed E-state index contributed by atoms with van der Waals surface area (Å²) in [5, 5.41) is 3.00. The highest BCUT2D eigenvalue weighted by Gasteiger charge is 2.36. The highest BCUT2D eigenvalue weighted by molar-refractivity contribution is 5.90. The van der Waals surface area contributed by atoms with Gasteiger partial charge in [-0.1, -0.05) is 7.43 Å². The Labute approximate surface area is 98.4 Å². The lowest BCUT2D eigenvalue weighted by Crippen LogP contribution is -2.57. The first-order valence-corrected chi connectivity index (χ1v) is 5.49. The minimum absolute atomic E-state index is 0. The van der Waals surface area contributed by atoms with Crippen LogP contribution in [0.4, 0.5) is 0 Å². The molecule has 1 heterocycles. The first-order chi connectivity index (χ1) is 6.99. The molecule has 0 aromatic rings. The van der Waals surface area contributed by atoms with Crippen molar-refractivity contribution >= 4 is 11.7 Å². The second-order valence-corrected chi connectivity index (χ2v) is 4.30. The van der Waals surface area contributed by atoms with E-state index in [0.717, 1.165) is 12.8 Å². The van der Waals surface area contributed by atoms with Crippen molar-refractivity contribution in [1.29, 1.82) is 0 Å². The molecule has 0 saturated carbocycles. The minimum atomic E-state index is -0.302. The first-order valence-electron chi connectivity index (χ1n) is 5.49. The molecular weight excluding hydrogens is 204 g/mol. The zero-order valence-corrected chi connectivity index (χ0v) is 9.91. The average molecular weight is 228 g/mol. The lowest BCUT2D eigenvalue weighted by atomic mass is 9.96. The highest BCUT2D eigenvalue weighted by Crippen LogP contribution is 2.21. The van der Waals surface area contributed by atoms with Crippen LogP contribution in [0, 0.1) is 0 Å². The van der Waals surface area contributed by atoms with Crippen molar-refractivity contribution in [3.63, 3.8) is 0 Å². The summed E-state index contributed by atoms with van der Waals surface area (Å²) in [5.41, 5.74) is 0. The Balaban J connectivity index is 0.00000225. The molecule has 0 spiro atoms. The van der Waals surface area contributed by atoms with Gasteiger partial charge in [0.05, 0.1) is 12.1 Å². The lowest BCUT2D eigenvalue weighted by Gasteiger charge is -2.40. The molecule has 1 fully saturated rings. The number of likely N-dealkylation sites (tertiary alicyclic amines) is 1. The minimum Gasteiger partial charge on any atom is -0.329 e. The van der Waals surface area contributed by atoms with Gasteiger partial charge in [-0.15, -0.1) is 0 Å². The van der Waals surface area contributed by atoms with Gasteiger partial charge in [-0.25, -0.2) is 0 Å². The van der Waals surface area contributed by atoms with Gasteiger partial charge in [0.2, 0.25) is 5.91 Å². The molecule has 0 aromatic heterocycles. The number of rotatable bonds is 3. The molecule has 0 bridgehead atoms. The van der Waals surface area contributed by atoms with Gasteiger partial charge in [-0.3, -0.25) is 9.59 Å². The summed E-state index contributed by atoms with van der Waals surface area (Å²) in [6.07, 6.45) is 1.81. The van der Waals surface area contributed by atoms with Crippen molar-refractivity contribution in [2.24, 2.45) is 0 Å². The number of hydrogen-bond donors (Lipinski definition) is 1. The third-order valence-corrected chi connectivity index (χ3v) is 3.25. The standard InChI is InChI=1S/C11H20N2O2.CH4/c1-7-5-6-10(12-4)11(15)13(7)8(2)9(3)14;/h7-8,10,12H,5-6H2,1-4H3;1H4. The number of hydrogen-bond acceptors (Lipinski definition) is 3. The van der Waals surface area contributed by atoms with Gasteiger partial charge in [0.25, 0.3) is 0 Å². The molecule has 0 aliphatic carbocycles. The number of ketones is 1. The van der Waals surface area contributed by atoms with Crippen LogP contribution in [0.1, 0.15) is 41.0 Å². The molecule has 1 aliphatic rings. The summed E-state index contributed by atoms with van der Waals surface area (Å²) in [6, 6.07) is -0.257. The Morgan fingerprint density at radius 1 is 1.50 bits per heavy atom. The Kier molecular flexibility index (Phi) is 5.65. The van der Waals surface area contributed by atoms with Crippen molar-refractivity contribution in [1.82, 2.24) is 10.2 Å². The molecule has 16 heavy (non-hydrogen) atoms. The van der Waals surface area contributed by atoms with Gasteiger partial charge in [0.1, 0.15) is 0 Å². The molecule has 1 saturated heterocycles. The Morgan fingerprint density at radius 3 is 2.50 bits per heavy atom. The van der Waals surface area contributed by atoms with Crippen LogP contribution in [0.3, 0.4) is 0 Å². The van der Waals surface area contributed by atoms with Crippen LogP contribution in [0.2, 0.25) is 0 Å². The van der Waals surface area contributed by atoms with E-state index in [2.05, 4.69) is 5.32 Å². The van der Waals surface area contributed by atoms with E-state index >= 15 is 0 Å². The quantitative estimate of drug-likeness (QED) is 0.789. The van der Waals surface area contributed by atoms with Crippen molar-refractivity contribution in [2.75, 3.05) is 7.05 Å². The topological polar surface area (TPSA) is 49.4 Å². The normalized spacial score (nSPS) is 27.2. The maximum absolute atomic E-state index is 12.0. The van der Waals surface area contributed by atoms with Crippen LogP contribution in [0.5, 0.6) is 0 Å². The number of carbonyl (C=O) groups excluding carboxylic acids is 2. The fourth-order valence-corrected chi connectivity index (χ4v) is 2.10. The molecular formula is C12H24N2O2. The van der Waals surface area contributed by atoms with E-state index in [1.54, 1.807) is 18.9 Å². The molecule has 0 radical (unpaired) electrons.